The van der Waals surface area contributed by atoms with Gasteiger partial charge in [0.2, 0.25) is 0 Å². The highest BCUT2D eigenvalue weighted by molar-refractivity contribution is 5.22. The second kappa shape index (κ2) is 8.12. The van der Waals surface area contributed by atoms with Crippen LogP contribution in [0.15, 0.2) is 24.3 Å². The molecule has 108 valence electrons. The van der Waals surface area contributed by atoms with Crippen molar-refractivity contribution in [2.75, 3.05) is 19.6 Å². The predicted molar refractivity (Wildman–Crippen MR) is 86.8 cm³/mol. The number of benzene rings is 1. The maximum atomic E-state index is 5.37. The van der Waals surface area contributed by atoms with Gasteiger partial charge in [0.1, 0.15) is 0 Å². The summed E-state index contributed by atoms with van der Waals surface area (Å²) in [5.74, 6) is 3.64. The van der Waals surface area contributed by atoms with Crippen LogP contribution in [-0.4, -0.2) is 24.5 Å². The summed E-state index contributed by atoms with van der Waals surface area (Å²) in [6.45, 7) is 5.43. The lowest BCUT2D eigenvalue weighted by atomic mass is 9.90. The Hall–Kier alpha value is -1.26. The first-order valence-corrected chi connectivity index (χ1v) is 8.05. The summed E-state index contributed by atoms with van der Waals surface area (Å²) in [7, 11) is 0. The molecule has 0 aromatic heterocycles. The number of nitrogens with zero attached hydrogens (tertiary/aromatic N) is 1. The molecule has 0 aliphatic carbocycles. The molecule has 0 unspecified atom stereocenters. The van der Waals surface area contributed by atoms with Gasteiger partial charge in [-0.05, 0) is 62.2 Å². The number of terminal acetylenes is 1. The van der Waals surface area contributed by atoms with Crippen molar-refractivity contribution in [3.63, 3.8) is 0 Å². The molecule has 1 fully saturated rings. The van der Waals surface area contributed by atoms with Crippen molar-refractivity contribution in [1.82, 2.24) is 4.90 Å². The van der Waals surface area contributed by atoms with E-state index in [4.69, 9.17) is 6.42 Å². The van der Waals surface area contributed by atoms with Crippen LogP contribution >= 0.6 is 0 Å². The number of hydrogen-bond acceptors (Lipinski definition) is 1. The zero-order valence-corrected chi connectivity index (χ0v) is 12.8. The van der Waals surface area contributed by atoms with Gasteiger partial charge in [-0.15, -0.1) is 6.42 Å². The van der Waals surface area contributed by atoms with E-state index in [0.717, 1.165) is 12.5 Å². The van der Waals surface area contributed by atoms with E-state index in [0.29, 0.717) is 0 Å². The van der Waals surface area contributed by atoms with Crippen LogP contribution in [0.3, 0.4) is 0 Å². The smallest absolute Gasteiger partial charge is 0.0598 e. The van der Waals surface area contributed by atoms with Gasteiger partial charge in [0.15, 0.2) is 0 Å². The van der Waals surface area contributed by atoms with Crippen LogP contribution in [0.2, 0.25) is 0 Å². The van der Waals surface area contributed by atoms with Crippen LogP contribution < -0.4 is 0 Å². The molecule has 1 aromatic rings. The summed E-state index contributed by atoms with van der Waals surface area (Å²) >= 11 is 0. The zero-order valence-electron chi connectivity index (χ0n) is 12.8. The second-order valence-electron chi connectivity index (χ2n) is 6.03. The van der Waals surface area contributed by atoms with Crippen molar-refractivity contribution in [3.05, 3.63) is 35.4 Å². The number of aryl methyl sites for hydroxylation is 2. The molecule has 0 N–H and O–H groups in total. The molecule has 1 nitrogen and oxygen atoms in total. The van der Waals surface area contributed by atoms with Crippen LogP contribution in [0.4, 0.5) is 0 Å². The molecule has 20 heavy (non-hydrogen) atoms. The first-order valence-electron chi connectivity index (χ1n) is 8.05. The lowest BCUT2D eigenvalue weighted by molar-refractivity contribution is 0.197. The van der Waals surface area contributed by atoms with E-state index in [2.05, 4.69) is 42.0 Å². The van der Waals surface area contributed by atoms with E-state index in [9.17, 15) is 0 Å². The van der Waals surface area contributed by atoms with E-state index in [1.54, 1.807) is 0 Å². The van der Waals surface area contributed by atoms with Crippen LogP contribution in [0.5, 0.6) is 0 Å². The Morgan fingerprint density at radius 1 is 1.10 bits per heavy atom. The fourth-order valence-corrected chi connectivity index (χ4v) is 3.09. The van der Waals surface area contributed by atoms with Crippen molar-refractivity contribution < 1.29 is 0 Å². The van der Waals surface area contributed by atoms with Gasteiger partial charge in [-0.2, -0.15) is 0 Å². The summed E-state index contributed by atoms with van der Waals surface area (Å²) in [4.78, 5) is 2.40. The fraction of sp³-hybridized carbons (Fsp3) is 0.579. The van der Waals surface area contributed by atoms with Crippen LogP contribution in [0, 0.1) is 18.3 Å². The summed E-state index contributed by atoms with van der Waals surface area (Å²) in [6.07, 6.45) is 13.0. The highest BCUT2D eigenvalue weighted by atomic mass is 15.1. The molecule has 1 aliphatic rings. The number of rotatable bonds is 6. The summed E-state index contributed by atoms with van der Waals surface area (Å²) in [5.41, 5.74) is 2.97. The van der Waals surface area contributed by atoms with Crippen molar-refractivity contribution in [3.8, 4) is 12.3 Å². The van der Waals surface area contributed by atoms with Crippen LogP contribution in [0.1, 0.15) is 43.7 Å². The highest BCUT2D eigenvalue weighted by Crippen LogP contribution is 2.22. The SMILES string of the molecule is C#CCN1CCC(CCc2ccc(CCC)cc2)CC1. The third-order valence-corrected chi connectivity index (χ3v) is 4.42. The van der Waals surface area contributed by atoms with Gasteiger partial charge in [-0.3, -0.25) is 4.90 Å². The molecule has 1 aliphatic heterocycles. The molecule has 0 amide bonds. The maximum absolute atomic E-state index is 5.37. The topological polar surface area (TPSA) is 3.24 Å². The van der Waals surface area contributed by atoms with Gasteiger partial charge in [0, 0.05) is 0 Å². The Balaban J connectivity index is 1.72. The Kier molecular flexibility index (Phi) is 6.15. The molecule has 1 heterocycles. The molecule has 0 atom stereocenters. The first kappa shape index (κ1) is 15.1. The third kappa shape index (κ3) is 4.69. The molecule has 2 rings (SSSR count). The monoisotopic (exact) mass is 269 g/mol. The van der Waals surface area contributed by atoms with E-state index < -0.39 is 0 Å². The standard InChI is InChI=1S/C19H27N/c1-3-5-17-6-8-18(9-7-17)10-11-19-12-15-20(14-4-2)16-13-19/h2,6-9,19H,3,5,10-16H2,1H3. The predicted octanol–water partition coefficient (Wildman–Crippen LogP) is 3.92. The summed E-state index contributed by atoms with van der Waals surface area (Å²) in [6, 6.07) is 9.24. The van der Waals surface area contributed by atoms with Crippen molar-refractivity contribution >= 4 is 0 Å². The molecule has 1 heteroatoms. The lowest BCUT2D eigenvalue weighted by Gasteiger charge is -2.30. The van der Waals surface area contributed by atoms with Gasteiger partial charge in [-0.1, -0.05) is 43.5 Å². The van der Waals surface area contributed by atoms with Gasteiger partial charge < -0.3 is 0 Å². The minimum absolute atomic E-state index is 0.825. The normalized spacial score (nSPS) is 17.0. The fourth-order valence-electron chi connectivity index (χ4n) is 3.09. The molecular formula is C19H27N. The number of piperidine rings is 1. The second-order valence-corrected chi connectivity index (χ2v) is 6.03. The minimum Gasteiger partial charge on any atom is -0.292 e. The minimum atomic E-state index is 0.825. The molecule has 1 saturated heterocycles. The highest BCUT2D eigenvalue weighted by Gasteiger charge is 2.18. The Morgan fingerprint density at radius 2 is 1.70 bits per heavy atom. The van der Waals surface area contributed by atoms with Crippen molar-refractivity contribution in [1.29, 1.82) is 0 Å². The van der Waals surface area contributed by atoms with Crippen LogP contribution in [-0.2, 0) is 12.8 Å². The van der Waals surface area contributed by atoms with Gasteiger partial charge in [-0.25, -0.2) is 0 Å². The van der Waals surface area contributed by atoms with Crippen molar-refractivity contribution in [2.24, 2.45) is 5.92 Å². The lowest BCUT2D eigenvalue weighted by Crippen LogP contribution is -2.34. The maximum Gasteiger partial charge on any atom is 0.0598 e. The van der Waals surface area contributed by atoms with E-state index in [1.807, 2.05) is 0 Å². The molecule has 0 saturated carbocycles. The Labute approximate surface area is 124 Å². The summed E-state index contributed by atoms with van der Waals surface area (Å²) in [5, 5.41) is 0. The average molecular weight is 269 g/mol. The Morgan fingerprint density at radius 3 is 2.25 bits per heavy atom. The van der Waals surface area contributed by atoms with E-state index >= 15 is 0 Å². The average Bonchev–Trinajstić information content (AvgIpc) is 2.49. The quantitative estimate of drug-likeness (QED) is 0.708. The van der Waals surface area contributed by atoms with Gasteiger partial charge in [0.05, 0.1) is 6.54 Å². The zero-order chi connectivity index (χ0) is 14.2. The van der Waals surface area contributed by atoms with Crippen molar-refractivity contribution in [2.45, 2.75) is 45.4 Å². The molecule has 0 bridgehead atoms. The Bertz CT molecular complexity index is 418. The number of hydrogen-bond donors (Lipinski definition) is 0. The van der Waals surface area contributed by atoms with Gasteiger partial charge in [0.25, 0.3) is 0 Å². The molecule has 0 spiro atoms. The molecule has 0 radical (unpaired) electrons. The molecule has 1 aromatic carbocycles. The molecular weight excluding hydrogens is 242 g/mol. The number of likely N-dealkylation sites (tertiary alicyclic amines) is 1. The van der Waals surface area contributed by atoms with E-state index in [-0.39, 0.29) is 0 Å². The third-order valence-electron chi connectivity index (χ3n) is 4.42. The first-order chi connectivity index (χ1) is 9.81. The largest absolute Gasteiger partial charge is 0.292 e. The van der Waals surface area contributed by atoms with E-state index in [1.165, 1.54) is 62.7 Å². The summed E-state index contributed by atoms with van der Waals surface area (Å²) < 4.78 is 0. The van der Waals surface area contributed by atoms with Gasteiger partial charge >= 0.3 is 0 Å². The van der Waals surface area contributed by atoms with Crippen LogP contribution in [0.25, 0.3) is 0 Å².